The largest absolute Gasteiger partial charge is 0.378 e. The molecule has 2 heterocycles. The first-order valence-electron chi connectivity index (χ1n) is 8.24. The van der Waals surface area contributed by atoms with Crippen LogP contribution >= 0.6 is 0 Å². The minimum Gasteiger partial charge on any atom is -0.378 e. The van der Waals surface area contributed by atoms with Gasteiger partial charge in [-0.1, -0.05) is 13.8 Å². The van der Waals surface area contributed by atoms with Crippen LogP contribution in [0.15, 0.2) is 0 Å². The molecule has 2 unspecified atom stereocenters. The van der Waals surface area contributed by atoms with E-state index >= 15 is 0 Å². The number of nitrogens with two attached hydrogens (primary N) is 1. The quantitative estimate of drug-likeness (QED) is 0.597. The van der Waals surface area contributed by atoms with Gasteiger partial charge in [-0.2, -0.15) is 9.97 Å². The third kappa shape index (κ3) is 4.44. The number of nitrogens with one attached hydrogen (secondary N) is 1. The van der Waals surface area contributed by atoms with Crippen LogP contribution in [0, 0.1) is 16.0 Å². The van der Waals surface area contributed by atoms with Crippen LogP contribution in [0.3, 0.4) is 0 Å². The molecule has 1 saturated heterocycles. The second-order valence-corrected chi connectivity index (χ2v) is 6.63. The lowest BCUT2D eigenvalue weighted by atomic mass is 10.1. The SMILES string of the molecule is CC(C)CCNc1nc(N)c([N+](=O)[O-])c(N2CC(C)OC(C)C2)n1. The number of nitrogen functional groups attached to an aromatic ring is 1. The minimum atomic E-state index is -0.520. The van der Waals surface area contributed by atoms with Crippen molar-refractivity contribution < 1.29 is 9.66 Å². The Bertz CT molecular complexity index is 585. The molecule has 1 aromatic rings. The number of hydrogen-bond acceptors (Lipinski definition) is 8. The summed E-state index contributed by atoms with van der Waals surface area (Å²) < 4.78 is 5.69. The van der Waals surface area contributed by atoms with E-state index in [9.17, 15) is 10.1 Å². The number of ether oxygens (including phenoxy) is 1. The van der Waals surface area contributed by atoms with Gasteiger partial charge >= 0.3 is 5.69 Å². The highest BCUT2D eigenvalue weighted by molar-refractivity contribution is 5.71. The predicted molar refractivity (Wildman–Crippen MR) is 93.3 cm³/mol. The Kier molecular flexibility index (Phi) is 5.76. The topological polar surface area (TPSA) is 119 Å². The Labute approximate surface area is 141 Å². The molecule has 24 heavy (non-hydrogen) atoms. The number of morpholine rings is 1. The molecule has 2 atom stereocenters. The van der Waals surface area contributed by atoms with Gasteiger partial charge in [0.15, 0.2) is 0 Å². The number of anilines is 3. The maximum absolute atomic E-state index is 11.4. The first-order valence-corrected chi connectivity index (χ1v) is 8.24. The molecule has 0 amide bonds. The van der Waals surface area contributed by atoms with Gasteiger partial charge in [0.25, 0.3) is 0 Å². The molecule has 0 radical (unpaired) electrons. The zero-order valence-corrected chi connectivity index (χ0v) is 14.7. The summed E-state index contributed by atoms with van der Waals surface area (Å²) in [5, 5.41) is 14.5. The fourth-order valence-corrected chi connectivity index (χ4v) is 2.76. The summed E-state index contributed by atoms with van der Waals surface area (Å²) in [6, 6.07) is 0. The van der Waals surface area contributed by atoms with Crippen molar-refractivity contribution in [3.8, 4) is 0 Å². The van der Waals surface area contributed by atoms with Crippen LogP contribution < -0.4 is 16.0 Å². The summed E-state index contributed by atoms with van der Waals surface area (Å²) >= 11 is 0. The van der Waals surface area contributed by atoms with Crippen LogP contribution in [0.25, 0.3) is 0 Å². The zero-order chi connectivity index (χ0) is 17.9. The Morgan fingerprint density at radius 3 is 2.54 bits per heavy atom. The predicted octanol–water partition coefficient (Wildman–Crippen LogP) is 2.04. The normalized spacial score (nSPS) is 21.1. The minimum absolute atomic E-state index is 0.0399. The van der Waals surface area contributed by atoms with Crippen LogP contribution in [0.2, 0.25) is 0 Å². The molecular formula is C15H26N6O3. The summed E-state index contributed by atoms with van der Waals surface area (Å²) in [4.78, 5) is 21.2. The van der Waals surface area contributed by atoms with E-state index in [2.05, 4.69) is 29.1 Å². The van der Waals surface area contributed by atoms with Crippen LogP contribution in [-0.2, 0) is 4.74 Å². The highest BCUT2D eigenvalue weighted by Gasteiger charge is 2.31. The van der Waals surface area contributed by atoms with Gasteiger partial charge in [-0.3, -0.25) is 10.1 Å². The van der Waals surface area contributed by atoms with E-state index in [0.717, 1.165) is 6.42 Å². The van der Waals surface area contributed by atoms with Gasteiger partial charge in [0.1, 0.15) is 0 Å². The number of nitro groups is 1. The van der Waals surface area contributed by atoms with Gasteiger partial charge in [-0.25, -0.2) is 0 Å². The highest BCUT2D eigenvalue weighted by Crippen LogP contribution is 2.33. The maximum Gasteiger partial charge on any atom is 0.353 e. The molecule has 9 heteroatoms. The van der Waals surface area contributed by atoms with Crippen molar-refractivity contribution in [1.29, 1.82) is 0 Å². The molecule has 1 aliphatic heterocycles. The molecule has 0 spiro atoms. The van der Waals surface area contributed by atoms with Crippen molar-refractivity contribution in [2.75, 3.05) is 35.6 Å². The zero-order valence-electron chi connectivity index (χ0n) is 14.7. The van der Waals surface area contributed by atoms with Gasteiger partial charge in [-0.15, -0.1) is 0 Å². The Hall–Kier alpha value is -2.16. The summed E-state index contributed by atoms with van der Waals surface area (Å²) in [6.45, 7) is 9.83. The summed E-state index contributed by atoms with van der Waals surface area (Å²) in [7, 11) is 0. The smallest absolute Gasteiger partial charge is 0.353 e. The van der Waals surface area contributed by atoms with E-state index in [1.54, 1.807) is 0 Å². The van der Waals surface area contributed by atoms with Gasteiger partial charge < -0.3 is 20.7 Å². The lowest BCUT2D eigenvalue weighted by Gasteiger charge is -2.35. The standard InChI is InChI=1S/C15H26N6O3/c1-9(2)5-6-17-15-18-13(16)12(21(22)23)14(19-15)20-7-10(3)24-11(4)8-20/h9-11H,5-8H2,1-4H3,(H3,16,17,18,19). The summed E-state index contributed by atoms with van der Waals surface area (Å²) in [5.41, 5.74) is 5.60. The number of nitrogens with zero attached hydrogens (tertiary/aromatic N) is 4. The highest BCUT2D eigenvalue weighted by atomic mass is 16.6. The lowest BCUT2D eigenvalue weighted by molar-refractivity contribution is -0.383. The molecule has 0 aliphatic carbocycles. The van der Waals surface area contributed by atoms with E-state index in [-0.39, 0.29) is 29.5 Å². The summed E-state index contributed by atoms with van der Waals surface area (Å²) in [6.07, 6.45) is 0.866. The molecular weight excluding hydrogens is 312 g/mol. The van der Waals surface area contributed by atoms with Gasteiger partial charge in [0.2, 0.25) is 17.6 Å². The molecule has 134 valence electrons. The van der Waals surface area contributed by atoms with E-state index in [1.807, 2.05) is 18.7 Å². The van der Waals surface area contributed by atoms with Crippen molar-refractivity contribution in [2.24, 2.45) is 5.92 Å². The van der Waals surface area contributed by atoms with Crippen molar-refractivity contribution in [1.82, 2.24) is 9.97 Å². The van der Waals surface area contributed by atoms with E-state index in [4.69, 9.17) is 10.5 Å². The molecule has 1 aromatic heterocycles. The number of hydrogen-bond donors (Lipinski definition) is 2. The van der Waals surface area contributed by atoms with Crippen LogP contribution in [0.1, 0.15) is 34.1 Å². The third-order valence-electron chi connectivity index (χ3n) is 3.80. The van der Waals surface area contributed by atoms with E-state index < -0.39 is 4.92 Å². The molecule has 0 bridgehead atoms. The molecule has 3 N–H and O–H groups in total. The van der Waals surface area contributed by atoms with Crippen LogP contribution in [-0.4, -0.2) is 46.7 Å². The van der Waals surface area contributed by atoms with Crippen molar-refractivity contribution in [3.05, 3.63) is 10.1 Å². The molecule has 2 rings (SSSR count). The van der Waals surface area contributed by atoms with Crippen molar-refractivity contribution in [2.45, 2.75) is 46.3 Å². The van der Waals surface area contributed by atoms with E-state index in [0.29, 0.717) is 31.5 Å². The molecule has 1 aliphatic rings. The molecule has 9 nitrogen and oxygen atoms in total. The molecule has 0 aromatic carbocycles. The number of aromatic nitrogens is 2. The Balaban J connectivity index is 2.31. The second-order valence-electron chi connectivity index (χ2n) is 6.63. The average molecular weight is 338 g/mol. The monoisotopic (exact) mass is 338 g/mol. The molecule has 1 fully saturated rings. The fraction of sp³-hybridized carbons (Fsp3) is 0.733. The van der Waals surface area contributed by atoms with Gasteiger partial charge in [0, 0.05) is 19.6 Å². The van der Waals surface area contributed by atoms with Crippen LogP contribution in [0.5, 0.6) is 0 Å². The second kappa shape index (κ2) is 7.61. The van der Waals surface area contributed by atoms with E-state index in [1.165, 1.54) is 0 Å². The van der Waals surface area contributed by atoms with Crippen molar-refractivity contribution >= 4 is 23.3 Å². The van der Waals surface area contributed by atoms with Crippen LogP contribution in [0.4, 0.5) is 23.3 Å². The van der Waals surface area contributed by atoms with Gasteiger partial charge in [-0.05, 0) is 26.2 Å². The fourth-order valence-electron chi connectivity index (χ4n) is 2.76. The first-order chi connectivity index (χ1) is 11.3. The number of rotatable bonds is 6. The van der Waals surface area contributed by atoms with Crippen molar-refractivity contribution in [3.63, 3.8) is 0 Å². The third-order valence-corrected chi connectivity index (χ3v) is 3.80. The molecule has 0 saturated carbocycles. The average Bonchev–Trinajstić information content (AvgIpc) is 2.44. The first kappa shape index (κ1) is 18.2. The lowest BCUT2D eigenvalue weighted by Crippen LogP contribution is -2.46. The Morgan fingerprint density at radius 2 is 2.00 bits per heavy atom. The maximum atomic E-state index is 11.4. The summed E-state index contributed by atoms with van der Waals surface area (Å²) in [5.74, 6) is 0.985. The van der Waals surface area contributed by atoms with Gasteiger partial charge in [0.05, 0.1) is 17.1 Å². The Morgan fingerprint density at radius 1 is 1.38 bits per heavy atom.